The number of aliphatic hydroxyl groups excluding tert-OH is 1. The number of likely N-dealkylation sites (tertiary alicyclic amines) is 1. The van der Waals surface area contributed by atoms with Crippen molar-refractivity contribution in [3.05, 3.63) is 48.2 Å². The highest BCUT2D eigenvalue weighted by Crippen LogP contribution is 2.38. The molecular weight excluding hydrogens is 409 g/mol. The molecule has 1 aromatic heterocycles. The number of fused-ring (bicyclic) bond motifs is 1. The molecule has 0 spiro atoms. The first kappa shape index (κ1) is 21.6. The second-order valence-corrected chi connectivity index (χ2v) is 8.22. The third-order valence-corrected chi connectivity index (χ3v) is 5.77. The van der Waals surface area contributed by atoms with E-state index in [1.165, 1.54) is 12.3 Å². The number of benzene rings is 1. The molecule has 2 fully saturated rings. The second kappa shape index (κ2) is 8.47. The van der Waals surface area contributed by atoms with Crippen molar-refractivity contribution < 1.29 is 23.1 Å². The molecule has 0 radical (unpaired) electrons. The first-order valence-corrected chi connectivity index (χ1v) is 10.3. The lowest BCUT2D eigenvalue weighted by molar-refractivity contribution is -0.141. The van der Waals surface area contributed by atoms with Crippen LogP contribution in [0.25, 0.3) is 10.9 Å². The second-order valence-electron chi connectivity index (χ2n) is 8.22. The third kappa shape index (κ3) is 4.67. The van der Waals surface area contributed by atoms with Crippen molar-refractivity contribution in [1.29, 1.82) is 0 Å². The van der Waals surface area contributed by atoms with Crippen LogP contribution in [0, 0.1) is 0 Å². The highest BCUT2D eigenvalue weighted by atomic mass is 19.4. The maximum atomic E-state index is 13.4. The molecule has 0 bridgehead atoms. The van der Waals surface area contributed by atoms with E-state index < -0.39 is 17.8 Å². The monoisotopic (exact) mass is 434 g/mol. The molecule has 4 rings (SSSR count). The van der Waals surface area contributed by atoms with Gasteiger partial charge in [-0.3, -0.25) is 9.78 Å². The van der Waals surface area contributed by atoms with Gasteiger partial charge in [-0.05, 0) is 30.7 Å². The summed E-state index contributed by atoms with van der Waals surface area (Å²) in [4.78, 5) is 19.7. The zero-order chi connectivity index (χ0) is 22.2. The van der Waals surface area contributed by atoms with Crippen molar-refractivity contribution >= 4 is 22.5 Å². The van der Waals surface area contributed by atoms with E-state index in [0.717, 1.165) is 18.1 Å². The largest absolute Gasteiger partial charge is 0.418 e. The molecule has 3 heterocycles. The van der Waals surface area contributed by atoms with Crippen LogP contribution in [-0.2, 0) is 11.0 Å². The topological polar surface area (TPSA) is 68.7 Å². The average molecular weight is 434 g/mol. The minimum Gasteiger partial charge on any atom is -0.389 e. The van der Waals surface area contributed by atoms with Gasteiger partial charge >= 0.3 is 6.18 Å². The zero-order valence-corrected chi connectivity index (χ0v) is 17.0. The number of β-amino-alcohol motifs (C(OH)–C–C–N with tert-alkyl or cyclic N) is 1. The quantitative estimate of drug-likeness (QED) is 0.708. The molecule has 1 atom stereocenters. The molecule has 2 aliphatic rings. The number of hydrogen-bond acceptors (Lipinski definition) is 5. The fourth-order valence-corrected chi connectivity index (χ4v) is 4.26. The van der Waals surface area contributed by atoms with Gasteiger partial charge in [0.25, 0.3) is 0 Å². The number of carbonyl (C=O) groups is 1. The lowest BCUT2D eigenvalue weighted by Crippen LogP contribution is -2.54. The first-order valence-electron chi connectivity index (χ1n) is 10.3. The number of pyridine rings is 1. The molecular formula is C22H25F3N4O2. The molecule has 166 valence electrons. The molecule has 31 heavy (non-hydrogen) atoms. The molecule has 2 aliphatic heterocycles. The number of alkyl halides is 3. The molecule has 1 amide bonds. The van der Waals surface area contributed by atoms with Crippen LogP contribution in [0.2, 0.25) is 0 Å². The number of aromatic nitrogens is 1. The van der Waals surface area contributed by atoms with E-state index in [2.05, 4.69) is 16.9 Å². The highest BCUT2D eigenvalue weighted by Gasteiger charge is 2.34. The maximum Gasteiger partial charge on any atom is 0.418 e. The van der Waals surface area contributed by atoms with Crippen LogP contribution < -0.4 is 10.2 Å². The van der Waals surface area contributed by atoms with E-state index in [-0.39, 0.29) is 17.5 Å². The van der Waals surface area contributed by atoms with Crippen LogP contribution in [-0.4, -0.2) is 65.8 Å². The number of piperidine rings is 1. The molecule has 9 heteroatoms. The van der Waals surface area contributed by atoms with Crippen LogP contribution in [0.15, 0.2) is 42.6 Å². The number of carbonyl (C=O) groups excluding carboxylic acids is 1. The lowest BCUT2D eigenvalue weighted by Gasteiger charge is -2.38. The Morgan fingerprint density at radius 2 is 2.03 bits per heavy atom. The summed E-state index contributed by atoms with van der Waals surface area (Å²) >= 11 is 0. The van der Waals surface area contributed by atoms with Gasteiger partial charge in [0, 0.05) is 62.5 Å². The van der Waals surface area contributed by atoms with Gasteiger partial charge in [-0.2, -0.15) is 13.2 Å². The van der Waals surface area contributed by atoms with Crippen molar-refractivity contribution in [3.8, 4) is 0 Å². The van der Waals surface area contributed by atoms with Gasteiger partial charge < -0.3 is 20.2 Å². The summed E-state index contributed by atoms with van der Waals surface area (Å²) in [6.07, 6.45) is -2.44. The predicted molar refractivity (Wildman–Crippen MR) is 112 cm³/mol. The number of rotatable bonds is 5. The number of hydrogen-bond donors (Lipinski definition) is 2. The third-order valence-electron chi connectivity index (χ3n) is 5.77. The maximum absolute atomic E-state index is 13.4. The average Bonchev–Trinajstić information content (AvgIpc) is 2.69. The Labute approximate surface area is 178 Å². The van der Waals surface area contributed by atoms with E-state index in [4.69, 9.17) is 0 Å². The Balaban J connectivity index is 1.46. The molecule has 1 aromatic carbocycles. The highest BCUT2D eigenvalue weighted by molar-refractivity contribution is 5.94. The van der Waals surface area contributed by atoms with Crippen molar-refractivity contribution in [2.45, 2.75) is 31.2 Å². The molecule has 2 N–H and O–H groups in total. The summed E-state index contributed by atoms with van der Waals surface area (Å²) in [7, 11) is 0. The number of halogens is 3. The summed E-state index contributed by atoms with van der Waals surface area (Å²) in [6, 6.07) is 5.92. The fourth-order valence-electron chi connectivity index (χ4n) is 4.26. The first-order chi connectivity index (χ1) is 14.7. The van der Waals surface area contributed by atoms with Crippen molar-refractivity contribution in [1.82, 2.24) is 15.2 Å². The van der Waals surface area contributed by atoms with Crippen LogP contribution >= 0.6 is 0 Å². The molecule has 0 unspecified atom stereocenters. The predicted octanol–water partition coefficient (Wildman–Crippen LogP) is 2.57. The van der Waals surface area contributed by atoms with E-state index in [0.29, 0.717) is 50.2 Å². The Morgan fingerprint density at radius 1 is 1.26 bits per heavy atom. The Bertz CT molecular complexity index is 988. The molecule has 2 aromatic rings. The Kier molecular flexibility index (Phi) is 5.90. The van der Waals surface area contributed by atoms with Gasteiger partial charge in [-0.1, -0.05) is 12.2 Å². The number of aliphatic hydroxyl groups is 1. The molecule has 6 nitrogen and oxygen atoms in total. The minimum absolute atomic E-state index is 0.00380. The Morgan fingerprint density at radius 3 is 2.74 bits per heavy atom. The van der Waals surface area contributed by atoms with Gasteiger partial charge in [0.15, 0.2) is 0 Å². The SMILES string of the molecule is C=C1C[C@@H](NCCC(=O)N2CC(O)C2)CN(c2ccc(C(F)(F)F)c3ncccc23)C1. The van der Waals surface area contributed by atoms with Crippen LogP contribution in [0.4, 0.5) is 18.9 Å². The normalized spacial score (nSPS) is 20.3. The number of amides is 1. The van der Waals surface area contributed by atoms with E-state index in [1.54, 1.807) is 17.0 Å². The van der Waals surface area contributed by atoms with Gasteiger partial charge in [-0.25, -0.2) is 0 Å². The lowest BCUT2D eigenvalue weighted by atomic mass is 9.99. The Hall–Kier alpha value is -2.65. The van der Waals surface area contributed by atoms with Crippen molar-refractivity contribution in [3.63, 3.8) is 0 Å². The number of nitrogens with one attached hydrogen (secondary N) is 1. The van der Waals surface area contributed by atoms with Gasteiger partial charge in [0.2, 0.25) is 5.91 Å². The van der Waals surface area contributed by atoms with Gasteiger partial charge in [0.1, 0.15) is 0 Å². The summed E-state index contributed by atoms with van der Waals surface area (Å²) in [5.74, 6) is 0.00380. The van der Waals surface area contributed by atoms with Crippen molar-refractivity contribution in [2.24, 2.45) is 0 Å². The summed E-state index contributed by atoms with van der Waals surface area (Å²) in [5, 5.41) is 13.1. The van der Waals surface area contributed by atoms with Crippen LogP contribution in [0.3, 0.4) is 0 Å². The summed E-state index contributed by atoms with van der Waals surface area (Å²) < 4.78 is 40.2. The fraction of sp³-hybridized carbons (Fsp3) is 0.455. The van der Waals surface area contributed by atoms with Crippen molar-refractivity contribution in [2.75, 3.05) is 37.6 Å². The van der Waals surface area contributed by atoms with Gasteiger partial charge in [0.05, 0.1) is 17.2 Å². The number of nitrogens with zero attached hydrogens (tertiary/aromatic N) is 3. The molecule has 0 aliphatic carbocycles. The smallest absolute Gasteiger partial charge is 0.389 e. The van der Waals surface area contributed by atoms with Crippen LogP contribution in [0.1, 0.15) is 18.4 Å². The van der Waals surface area contributed by atoms with Gasteiger partial charge in [-0.15, -0.1) is 0 Å². The number of anilines is 1. The summed E-state index contributed by atoms with van der Waals surface area (Å²) in [6.45, 7) is 6.52. The summed E-state index contributed by atoms with van der Waals surface area (Å²) in [5.41, 5.74) is 0.856. The van der Waals surface area contributed by atoms with E-state index in [9.17, 15) is 23.1 Å². The molecule has 0 saturated carbocycles. The standard InChI is InChI=1S/C22H25F3N4O2/c1-14-9-15(26-8-6-20(31)29-12-16(30)13-29)11-28(10-14)19-5-4-18(22(23,24)25)21-17(19)3-2-7-27-21/h2-5,7,15-16,26,30H,1,6,8-13H2/t15-/m1/s1. The van der Waals surface area contributed by atoms with Crippen LogP contribution in [0.5, 0.6) is 0 Å². The van der Waals surface area contributed by atoms with E-state index in [1.807, 2.05) is 4.90 Å². The minimum atomic E-state index is -4.47. The molecule has 2 saturated heterocycles. The van der Waals surface area contributed by atoms with E-state index >= 15 is 0 Å². The zero-order valence-electron chi connectivity index (χ0n) is 17.0.